The SMILES string of the molecule is CCOC1=CCC([SiH3])=C1C. The second kappa shape index (κ2) is 3.06. The van der Waals surface area contributed by atoms with Crippen molar-refractivity contribution in [3.63, 3.8) is 0 Å². The van der Waals surface area contributed by atoms with Gasteiger partial charge in [-0.2, -0.15) is 0 Å². The standard InChI is InChI=1S/C8H14OSi/c1-3-9-7-4-5-8(10)6(7)2/h4H,3,5H2,1-2,10H3. The van der Waals surface area contributed by atoms with Crippen molar-refractivity contribution in [2.75, 3.05) is 6.61 Å². The van der Waals surface area contributed by atoms with Crippen molar-refractivity contribution >= 4 is 10.2 Å². The number of rotatable bonds is 2. The summed E-state index contributed by atoms with van der Waals surface area (Å²) in [6, 6.07) is 0. The Morgan fingerprint density at radius 3 is 2.80 bits per heavy atom. The molecule has 0 amide bonds. The summed E-state index contributed by atoms with van der Waals surface area (Å²) in [6.45, 7) is 4.97. The first-order chi connectivity index (χ1) is 4.75. The first-order valence-corrected chi connectivity index (χ1v) is 4.75. The van der Waals surface area contributed by atoms with Gasteiger partial charge >= 0.3 is 0 Å². The van der Waals surface area contributed by atoms with Crippen molar-refractivity contribution in [2.24, 2.45) is 0 Å². The van der Waals surface area contributed by atoms with Crippen molar-refractivity contribution in [1.29, 1.82) is 0 Å². The lowest BCUT2D eigenvalue weighted by Crippen LogP contribution is -1.90. The zero-order chi connectivity index (χ0) is 7.56. The highest BCUT2D eigenvalue weighted by atomic mass is 28.1. The maximum Gasteiger partial charge on any atom is 0.118 e. The van der Waals surface area contributed by atoms with E-state index in [0.717, 1.165) is 18.8 Å². The summed E-state index contributed by atoms with van der Waals surface area (Å²) in [5.41, 5.74) is 1.38. The zero-order valence-electron chi connectivity index (χ0n) is 6.90. The van der Waals surface area contributed by atoms with E-state index < -0.39 is 0 Å². The van der Waals surface area contributed by atoms with Gasteiger partial charge in [0.25, 0.3) is 0 Å². The maximum absolute atomic E-state index is 5.41. The minimum Gasteiger partial charge on any atom is -0.494 e. The Balaban J connectivity index is 2.63. The topological polar surface area (TPSA) is 9.23 Å². The van der Waals surface area contributed by atoms with E-state index in [1.54, 1.807) is 5.20 Å². The van der Waals surface area contributed by atoms with E-state index in [-0.39, 0.29) is 0 Å². The van der Waals surface area contributed by atoms with Gasteiger partial charge in [0.05, 0.1) is 6.61 Å². The summed E-state index contributed by atoms with van der Waals surface area (Å²) in [6.07, 6.45) is 3.31. The first-order valence-electron chi connectivity index (χ1n) is 3.75. The van der Waals surface area contributed by atoms with Gasteiger partial charge in [-0.05, 0) is 31.9 Å². The number of hydrogen-bond donors (Lipinski definition) is 0. The molecule has 0 N–H and O–H groups in total. The Morgan fingerprint density at radius 1 is 1.70 bits per heavy atom. The average Bonchev–Trinajstić information content (AvgIpc) is 2.20. The fraction of sp³-hybridized carbons (Fsp3) is 0.500. The fourth-order valence-electron chi connectivity index (χ4n) is 1.08. The molecule has 0 aromatic heterocycles. The molecule has 10 heavy (non-hydrogen) atoms. The summed E-state index contributed by atoms with van der Waals surface area (Å²) in [5.74, 6) is 1.12. The number of ether oxygens (including phenoxy) is 1. The van der Waals surface area contributed by atoms with E-state index in [9.17, 15) is 0 Å². The molecule has 0 aliphatic heterocycles. The number of allylic oxidation sites excluding steroid dienone is 3. The van der Waals surface area contributed by atoms with Crippen molar-refractivity contribution in [3.8, 4) is 0 Å². The maximum atomic E-state index is 5.41. The molecule has 0 aromatic rings. The molecule has 0 saturated heterocycles. The minimum atomic E-state index is 0.790. The largest absolute Gasteiger partial charge is 0.494 e. The van der Waals surface area contributed by atoms with E-state index in [1.165, 1.54) is 15.8 Å². The van der Waals surface area contributed by atoms with E-state index in [1.807, 2.05) is 6.92 Å². The quantitative estimate of drug-likeness (QED) is 0.538. The van der Waals surface area contributed by atoms with Crippen LogP contribution in [-0.2, 0) is 4.74 Å². The van der Waals surface area contributed by atoms with Gasteiger partial charge in [-0.1, -0.05) is 5.20 Å². The van der Waals surface area contributed by atoms with Gasteiger partial charge in [0.1, 0.15) is 5.76 Å². The minimum absolute atomic E-state index is 0.790. The third kappa shape index (κ3) is 1.32. The zero-order valence-corrected chi connectivity index (χ0v) is 8.90. The molecule has 0 radical (unpaired) electrons. The Morgan fingerprint density at radius 2 is 2.40 bits per heavy atom. The van der Waals surface area contributed by atoms with Crippen molar-refractivity contribution in [2.45, 2.75) is 20.3 Å². The molecule has 56 valence electrons. The van der Waals surface area contributed by atoms with E-state index in [4.69, 9.17) is 4.74 Å². The molecular weight excluding hydrogens is 140 g/mol. The second-order valence-corrected chi connectivity index (χ2v) is 3.82. The van der Waals surface area contributed by atoms with Crippen LogP contribution in [-0.4, -0.2) is 16.8 Å². The predicted octanol–water partition coefficient (Wildman–Crippen LogP) is 0.950. The molecular formula is C8H14OSi. The van der Waals surface area contributed by atoms with Gasteiger partial charge in [0.2, 0.25) is 0 Å². The predicted molar refractivity (Wildman–Crippen MR) is 47.0 cm³/mol. The molecule has 0 atom stereocenters. The monoisotopic (exact) mass is 154 g/mol. The Kier molecular flexibility index (Phi) is 2.32. The molecule has 0 unspecified atom stereocenters. The summed E-state index contributed by atoms with van der Waals surface area (Å²) in [7, 11) is 1.18. The molecule has 0 saturated carbocycles. The molecule has 1 aliphatic carbocycles. The fourth-order valence-corrected chi connectivity index (χ4v) is 1.54. The molecule has 0 bridgehead atoms. The molecule has 0 aromatic carbocycles. The van der Waals surface area contributed by atoms with Crippen LogP contribution in [0.3, 0.4) is 0 Å². The van der Waals surface area contributed by atoms with Gasteiger partial charge in [0.15, 0.2) is 0 Å². The van der Waals surface area contributed by atoms with Gasteiger partial charge in [-0.15, -0.1) is 0 Å². The van der Waals surface area contributed by atoms with E-state index >= 15 is 0 Å². The van der Waals surface area contributed by atoms with Crippen LogP contribution in [0.1, 0.15) is 20.3 Å². The summed E-state index contributed by atoms with van der Waals surface area (Å²) < 4.78 is 5.41. The van der Waals surface area contributed by atoms with Gasteiger partial charge in [-0.3, -0.25) is 0 Å². The van der Waals surface area contributed by atoms with Crippen LogP contribution >= 0.6 is 0 Å². The highest BCUT2D eigenvalue weighted by molar-refractivity contribution is 6.22. The lowest BCUT2D eigenvalue weighted by atomic mass is 10.3. The van der Waals surface area contributed by atoms with Crippen LogP contribution in [0, 0.1) is 0 Å². The summed E-state index contributed by atoms with van der Waals surface area (Å²) in [4.78, 5) is 0. The van der Waals surface area contributed by atoms with Crippen LogP contribution < -0.4 is 0 Å². The van der Waals surface area contributed by atoms with Crippen LogP contribution in [0.15, 0.2) is 22.6 Å². The molecule has 1 aliphatic rings. The second-order valence-electron chi connectivity index (χ2n) is 2.61. The van der Waals surface area contributed by atoms with Crippen molar-refractivity contribution < 1.29 is 4.74 Å². The van der Waals surface area contributed by atoms with Gasteiger partial charge < -0.3 is 4.74 Å². The van der Waals surface area contributed by atoms with Gasteiger partial charge in [0, 0.05) is 10.2 Å². The molecule has 1 nitrogen and oxygen atoms in total. The smallest absolute Gasteiger partial charge is 0.118 e. The van der Waals surface area contributed by atoms with Crippen LogP contribution in [0.4, 0.5) is 0 Å². The van der Waals surface area contributed by atoms with E-state index in [0.29, 0.717) is 0 Å². The highest BCUT2D eigenvalue weighted by Crippen LogP contribution is 2.23. The average molecular weight is 154 g/mol. The van der Waals surface area contributed by atoms with Crippen LogP contribution in [0.2, 0.25) is 0 Å². The third-order valence-electron chi connectivity index (χ3n) is 1.90. The third-order valence-corrected chi connectivity index (χ3v) is 3.06. The lowest BCUT2D eigenvalue weighted by molar-refractivity contribution is 0.238. The molecule has 0 heterocycles. The highest BCUT2D eigenvalue weighted by Gasteiger charge is 2.09. The molecule has 0 fully saturated rings. The first kappa shape index (κ1) is 7.60. The van der Waals surface area contributed by atoms with Gasteiger partial charge in [-0.25, -0.2) is 0 Å². The molecule has 0 spiro atoms. The normalized spacial score (nSPS) is 18.0. The van der Waals surface area contributed by atoms with Crippen molar-refractivity contribution in [1.82, 2.24) is 0 Å². The summed E-state index contributed by atoms with van der Waals surface area (Å²) in [5, 5.41) is 1.57. The lowest BCUT2D eigenvalue weighted by Gasteiger charge is -2.04. The Bertz CT molecular complexity index is 191. The Hall–Kier alpha value is -0.503. The molecule has 2 heteroatoms. The van der Waals surface area contributed by atoms with Crippen LogP contribution in [0.5, 0.6) is 0 Å². The van der Waals surface area contributed by atoms with E-state index in [2.05, 4.69) is 13.0 Å². The summed E-state index contributed by atoms with van der Waals surface area (Å²) >= 11 is 0. The van der Waals surface area contributed by atoms with Crippen LogP contribution in [0.25, 0.3) is 0 Å². The Labute approximate surface area is 65.2 Å². The van der Waals surface area contributed by atoms with Crippen molar-refractivity contribution in [3.05, 3.63) is 22.6 Å². The number of hydrogen-bond acceptors (Lipinski definition) is 1. The molecule has 1 rings (SSSR count).